The molecule has 2 aromatic heterocycles. The maximum Gasteiger partial charge on any atom is 0.322 e. The minimum absolute atomic E-state index is 0.120. The van der Waals surface area contributed by atoms with Crippen LogP contribution in [0.15, 0.2) is 42.6 Å². The summed E-state index contributed by atoms with van der Waals surface area (Å²) >= 11 is 0. The van der Waals surface area contributed by atoms with E-state index in [2.05, 4.69) is 25.4 Å². The van der Waals surface area contributed by atoms with Crippen LogP contribution in [0.3, 0.4) is 0 Å². The number of hydrogen-bond donors (Lipinski definition) is 2. The van der Waals surface area contributed by atoms with Crippen LogP contribution in [0, 0.1) is 0 Å². The highest BCUT2D eigenvalue weighted by Crippen LogP contribution is 2.19. The third-order valence-electron chi connectivity index (χ3n) is 5.86. The number of carbonyl (C=O) groups is 2. The first kappa shape index (κ1) is 20.3. The molecule has 0 saturated carbocycles. The van der Waals surface area contributed by atoms with Gasteiger partial charge in [0.05, 0.1) is 30.6 Å². The number of aromatic amines is 1. The summed E-state index contributed by atoms with van der Waals surface area (Å²) in [6, 6.07) is 11.1. The van der Waals surface area contributed by atoms with Gasteiger partial charge in [0.1, 0.15) is 5.82 Å². The number of nitrogens with zero attached hydrogens (tertiary/aromatic N) is 5. The quantitative estimate of drug-likeness (QED) is 0.650. The lowest BCUT2D eigenvalue weighted by Gasteiger charge is -2.34. The van der Waals surface area contributed by atoms with E-state index >= 15 is 0 Å². The highest BCUT2D eigenvalue weighted by atomic mass is 16.5. The van der Waals surface area contributed by atoms with E-state index in [0.29, 0.717) is 50.8 Å². The zero-order valence-corrected chi connectivity index (χ0v) is 17.7. The molecule has 0 unspecified atom stereocenters. The van der Waals surface area contributed by atoms with E-state index in [1.165, 1.54) is 0 Å². The van der Waals surface area contributed by atoms with E-state index < -0.39 is 0 Å². The number of H-pyrrole nitrogens is 1. The average molecular weight is 435 g/mol. The molecule has 2 fully saturated rings. The fourth-order valence-corrected chi connectivity index (χ4v) is 4.03. The number of benzene rings is 1. The minimum atomic E-state index is -0.191. The highest BCUT2D eigenvalue weighted by molar-refractivity contribution is 6.04. The van der Waals surface area contributed by atoms with E-state index in [0.717, 1.165) is 29.8 Å². The van der Waals surface area contributed by atoms with Crippen LogP contribution in [0.25, 0.3) is 10.9 Å². The zero-order valence-electron chi connectivity index (χ0n) is 17.7. The van der Waals surface area contributed by atoms with Crippen molar-refractivity contribution in [3.8, 4) is 0 Å². The van der Waals surface area contributed by atoms with Crippen LogP contribution in [0.1, 0.15) is 10.5 Å². The third kappa shape index (κ3) is 4.09. The van der Waals surface area contributed by atoms with Gasteiger partial charge in [-0.1, -0.05) is 18.2 Å². The second kappa shape index (κ2) is 8.83. The van der Waals surface area contributed by atoms with Crippen LogP contribution in [-0.4, -0.2) is 89.4 Å². The lowest BCUT2D eigenvalue weighted by atomic mass is 10.2. The molecule has 2 saturated heterocycles. The number of rotatable bonds is 3. The van der Waals surface area contributed by atoms with Gasteiger partial charge in [0, 0.05) is 44.7 Å². The Balaban J connectivity index is 1.15. The van der Waals surface area contributed by atoms with Gasteiger partial charge < -0.3 is 24.8 Å². The van der Waals surface area contributed by atoms with Crippen LogP contribution >= 0.6 is 0 Å². The van der Waals surface area contributed by atoms with E-state index in [1.54, 1.807) is 16.0 Å². The van der Waals surface area contributed by atoms with Crippen molar-refractivity contribution in [3.63, 3.8) is 0 Å². The summed E-state index contributed by atoms with van der Waals surface area (Å²) < 4.78 is 5.37. The standard InChI is InChI=1S/C22H25N7O3/c30-21(20-17-3-1-2-4-18(17)25-26-20)28-7-9-29(10-8-28)22(31)24-16-5-6-19(23-15-16)27-11-13-32-14-12-27/h1-6,15H,7-14H2,(H,24,31)(H,25,26). The molecule has 0 bridgehead atoms. The Labute approximate surface area is 185 Å². The molecular weight excluding hydrogens is 410 g/mol. The van der Waals surface area contributed by atoms with Crippen LogP contribution < -0.4 is 10.2 Å². The molecule has 10 nitrogen and oxygen atoms in total. The molecule has 0 radical (unpaired) electrons. The topological polar surface area (TPSA) is 107 Å². The van der Waals surface area contributed by atoms with Crippen molar-refractivity contribution >= 4 is 34.3 Å². The van der Waals surface area contributed by atoms with Crippen molar-refractivity contribution in [2.24, 2.45) is 0 Å². The maximum atomic E-state index is 12.9. The highest BCUT2D eigenvalue weighted by Gasteiger charge is 2.27. The molecule has 0 aliphatic carbocycles. The van der Waals surface area contributed by atoms with Gasteiger partial charge in [0.2, 0.25) is 0 Å². The summed E-state index contributed by atoms with van der Waals surface area (Å²) in [5, 5.41) is 10.8. The van der Waals surface area contributed by atoms with Gasteiger partial charge in [-0.25, -0.2) is 9.78 Å². The molecule has 3 aromatic rings. The van der Waals surface area contributed by atoms with E-state index in [1.807, 2.05) is 36.4 Å². The summed E-state index contributed by atoms with van der Waals surface area (Å²) in [7, 11) is 0. The first-order valence-electron chi connectivity index (χ1n) is 10.8. The molecule has 2 aliphatic rings. The molecule has 4 heterocycles. The number of anilines is 2. The molecule has 2 N–H and O–H groups in total. The molecule has 5 rings (SSSR count). The largest absolute Gasteiger partial charge is 0.378 e. The fourth-order valence-electron chi connectivity index (χ4n) is 4.03. The molecule has 3 amide bonds. The number of amides is 3. The number of para-hydroxylation sites is 1. The fraction of sp³-hybridized carbons (Fsp3) is 0.364. The number of carbonyl (C=O) groups excluding carboxylic acids is 2. The summed E-state index contributed by atoms with van der Waals surface area (Å²) in [5.74, 6) is 0.759. The van der Waals surface area contributed by atoms with Crippen LogP contribution in [0.2, 0.25) is 0 Å². The zero-order chi connectivity index (χ0) is 21.9. The number of piperazine rings is 1. The number of ether oxygens (including phenoxy) is 1. The number of hydrogen-bond acceptors (Lipinski definition) is 6. The van der Waals surface area contributed by atoms with Crippen molar-refractivity contribution in [1.82, 2.24) is 25.0 Å². The molecule has 10 heteroatoms. The van der Waals surface area contributed by atoms with Gasteiger partial charge in [-0.15, -0.1) is 0 Å². The van der Waals surface area contributed by atoms with Crippen molar-refractivity contribution in [2.75, 3.05) is 62.7 Å². The molecule has 32 heavy (non-hydrogen) atoms. The second-order valence-electron chi connectivity index (χ2n) is 7.83. The predicted molar refractivity (Wildman–Crippen MR) is 120 cm³/mol. The van der Waals surface area contributed by atoms with Gasteiger partial charge >= 0.3 is 6.03 Å². The Morgan fingerprint density at radius 1 is 0.938 bits per heavy atom. The molecule has 1 aromatic carbocycles. The monoisotopic (exact) mass is 435 g/mol. The van der Waals surface area contributed by atoms with E-state index in [-0.39, 0.29) is 11.9 Å². The van der Waals surface area contributed by atoms with E-state index in [9.17, 15) is 9.59 Å². The van der Waals surface area contributed by atoms with Crippen molar-refractivity contribution in [3.05, 3.63) is 48.3 Å². The van der Waals surface area contributed by atoms with Gasteiger partial charge in [-0.05, 0) is 18.2 Å². The summed E-state index contributed by atoms with van der Waals surface area (Å²) in [6.45, 7) is 4.86. The maximum absolute atomic E-state index is 12.9. The summed E-state index contributed by atoms with van der Waals surface area (Å²) in [6.07, 6.45) is 1.67. The van der Waals surface area contributed by atoms with Crippen molar-refractivity contribution in [1.29, 1.82) is 0 Å². The number of pyridine rings is 1. The Hall–Kier alpha value is -3.66. The summed E-state index contributed by atoms with van der Waals surface area (Å²) in [5.41, 5.74) is 1.90. The SMILES string of the molecule is O=C(Nc1ccc(N2CCOCC2)nc1)N1CCN(C(=O)c2n[nH]c3ccccc23)CC1. The first-order valence-corrected chi connectivity index (χ1v) is 10.8. The van der Waals surface area contributed by atoms with Crippen LogP contribution in [0.4, 0.5) is 16.3 Å². The van der Waals surface area contributed by atoms with Gasteiger partial charge in [-0.2, -0.15) is 5.10 Å². The number of nitrogens with one attached hydrogen (secondary N) is 2. The van der Waals surface area contributed by atoms with Gasteiger partial charge in [0.15, 0.2) is 5.69 Å². The van der Waals surface area contributed by atoms with Crippen molar-refractivity contribution < 1.29 is 14.3 Å². The lowest BCUT2D eigenvalue weighted by molar-refractivity contribution is 0.0667. The Bertz CT molecular complexity index is 1100. The molecule has 0 atom stereocenters. The predicted octanol–water partition coefficient (Wildman–Crippen LogP) is 1.78. The summed E-state index contributed by atoms with van der Waals surface area (Å²) in [4.78, 5) is 35.7. The Morgan fingerprint density at radius 3 is 2.44 bits per heavy atom. The van der Waals surface area contributed by atoms with Crippen LogP contribution in [-0.2, 0) is 4.74 Å². The van der Waals surface area contributed by atoms with Gasteiger partial charge in [0.25, 0.3) is 5.91 Å². The van der Waals surface area contributed by atoms with Gasteiger partial charge in [-0.3, -0.25) is 9.89 Å². The third-order valence-corrected chi connectivity index (χ3v) is 5.86. The number of urea groups is 1. The number of aromatic nitrogens is 3. The molecule has 0 spiro atoms. The number of morpholine rings is 1. The minimum Gasteiger partial charge on any atom is -0.378 e. The number of fused-ring (bicyclic) bond motifs is 1. The van der Waals surface area contributed by atoms with Crippen molar-refractivity contribution in [2.45, 2.75) is 0 Å². The normalized spacial score (nSPS) is 16.9. The molecule has 166 valence electrons. The van der Waals surface area contributed by atoms with E-state index in [4.69, 9.17) is 4.74 Å². The Morgan fingerprint density at radius 2 is 1.69 bits per heavy atom. The second-order valence-corrected chi connectivity index (χ2v) is 7.83. The molecular formula is C22H25N7O3. The lowest BCUT2D eigenvalue weighted by Crippen LogP contribution is -2.51. The van der Waals surface area contributed by atoms with Crippen LogP contribution in [0.5, 0.6) is 0 Å². The molecule has 2 aliphatic heterocycles. The smallest absolute Gasteiger partial charge is 0.322 e. The average Bonchev–Trinajstić information content (AvgIpc) is 3.29. The Kier molecular flexibility index (Phi) is 5.59. The first-order chi connectivity index (χ1) is 15.7.